The summed E-state index contributed by atoms with van der Waals surface area (Å²) in [5.74, 6) is 0. The zero-order chi connectivity index (χ0) is 6.27. The number of rotatable bonds is 0. The molecular formula is C4H4N4S. The Hall–Kier alpha value is -0.970. The van der Waals surface area contributed by atoms with E-state index in [1.807, 2.05) is 0 Å². The predicted octanol–water partition coefficient (Wildman–Crippen LogP) is 0.346. The molecule has 5 heteroatoms. The normalized spacial score (nSPS) is 10.8. The zero-order valence-electron chi connectivity index (χ0n) is 4.44. The number of aromatic nitrogens is 4. The number of thiol groups is 1. The Labute approximate surface area is 56.3 Å². The second-order valence-electron chi connectivity index (χ2n) is 1.68. The Morgan fingerprint density at radius 1 is 1.67 bits per heavy atom. The molecule has 0 saturated heterocycles. The van der Waals surface area contributed by atoms with Crippen LogP contribution in [0.4, 0.5) is 0 Å². The van der Waals surface area contributed by atoms with Gasteiger partial charge in [0.1, 0.15) is 6.33 Å². The van der Waals surface area contributed by atoms with Crippen LogP contribution in [0.1, 0.15) is 0 Å². The van der Waals surface area contributed by atoms with Gasteiger partial charge in [0.2, 0.25) is 0 Å². The SMILES string of the molecule is Sc1c[nH]n2cnnc12. The van der Waals surface area contributed by atoms with E-state index in [-0.39, 0.29) is 0 Å². The molecule has 2 heterocycles. The van der Waals surface area contributed by atoms with Crippen LogP contribution in [0.3, 0.4) is 0 Å². The lowest BCUT2D eigenvalue weighted by Gasteiger charge is -1.74. The molecule has 4 nitrogen and oxygen atoms in total. The smallest absolute Gasteiger partial charge is 0.190 e. The van der Waals surface area contributed by atoms with E-state index >= 15 is 0 Å². The van der Waals surface area contributed by atoms with E-state index in [0.29, 0.717) is 0 Å². The number of aromatic amines is 1. The Balaban J connectivity index is 2.99. The lowest BCUT2D eigenvalue weighted by atomic mass is 10.7. The van der Waals surface area contributed by atoms with Gasteiger partial charge in [0.25, 0.3) is 0 Å². The summed E-state index contributed by atoms with van der Waals surface area (Å²) in [4.78, 5) is 0.813. The second-order valence-corrected chi connectivity index (χ2v) is 2.17. The third kappa shape index (κ3) is 0.547. The first-order chi connectivity index (χ1) is 4.38. The van der Waals surface area contributed by atoms with Crippen LogP contribution in [-0.2, 0) is 0 Å². The first-order valence-corrected chi connectivity index (χ1v) is 2.89. The van der Waals surface area contributed by atoms with Crippen LogP contribution in [0.15, 0.2) is 17.4 Å². The third-order valence-electron chi connectivity index (χ3n) is 1.12. The van der Waals surface area contributed by atoms with Crippen molar-refractivity contribution < 1.29 is 0 Å². The summed E-state index contributed by atoms with van der Waals surface area (Å²) >= 11 is 4.11. The molecule has 2 rings (SSSR count). The van der Waals surface area contributed by atoms with Gasteiger partial charge >= 0.3 is 0 Å². The lowest BCUT2D eigenvalue weighted by molar-refractivity contribution is 0.954. The minimum absolute atomic E-state index is 0.762. The van der Waals surface area contributed by atoms with Crippen LogP contribution in [0.25, 0.3) is 5.65 Å². The predicted molar refractivity (Wildman–Crippen MR) is 34.6 cm³/mol. The summed E-state index contributed by atoms with van der Waals surface area (Å²) in [5.41, 5.74) is 0.762. The van der Waals surface area contributed by atoms with Crippen LogP contribution in [0.5, 0.6) is 0 Å². The molecule has 0 unspecified atom stereocenters. The Kier molecular flexibility index (Phi) is 0.814. The van der Waals surface area contributed by atoms with Gasteiger partial charge in [0.05, 0.1) is 4.90 Å². The second kappa shape index (κ2) is 1.51. The minimum atomic E-state index is 0.762. The maximum atomic E-state index is 4.11. The Morgan fingerprint density at radius 2 is 2.56 bits per heavy atom. The fourth-order valence-electron chi connectivity index (χ4n) is 0.699. The molecule has 0 aliphatic rings. The number of hydrogen-bond acceptors (Lipinski definition) is 3. The van der Waals surface area contributed by atoms with Crippen molar-refractivity contribution in [1.82, 2.24) is 19.8 Å². The first kappa shape index (κ1) is 4.87. The van der Waals surface area contributed by atoms with Gasteiger partial charge in [-0.1, -0.05) is 0 Å². The summed E-state index contributed by atoms with van der Waals surface area (Å²) in [6, 6.07) is 0. The molecule has 1 N–H and O–H groups in total. The molecule has 0 fully saturated rings. The highest BCUT2D eigenvalue weighted by atomic mass is 32.1. The quantitative estimate of drug-likeness (QED) is 0.518. The van der Waals surface area contributed by atoms with Gasteiger partial charge in [-0.2, -0.15) is 0 Å². The highest BCUT2D eigenvalue weighted by molar-refractivity contribution is 7.80. The maximum Gasteiger partial charge on any atom is 0.190 e. The molecule has 0 aliphatic heterocycles. The molecule has 0 bridgehead atoms. The molecule has 0 aliphatic carbocycles. The fourth-order valence-corrected chi connectivity index (χ4v) is 0.910. The molecule has 0 saturated carbocycles. The lowest BCUT2D eigenvalue weighted by Crippen LogP contribution is -1.75. The first-order valence-electron chi connectivity index (χ1n) is 2.44. The van der Waals surface area contributed by atoms with Gasteiger partial charge in [-0.25, -0.2) is 4.52 Å². The summed E-state index contributed by atoms with van der Waals surface area (Å²) in [6.45, 7) is 0. The van der Waals surface area contributed by atoms with E-state index in [1.54, 1.807) is 17.0 Å². The molecule has 2 aromatic heterocycles. The monoisotopic (exact) mass is 140 g/mol. The summed E-state index contributed by atoms with van der Waals surface area (Å²) in [6.07, 6.45) is 3.35. The van der Waals surface area contributed by atoms with Crippen molar-refractivity contribution in [2.45, 2.75) is 4.90 Å². The Bertz CT molecular complexity index is 322. The van der Waals surface area contributed by atoms with Crippen LogP contribution in [0.2, 0.25) is 0 Å². The molecule has 0 radical (unpaired) electrons. The van der Waals surface area contributed by atoms with Crippen molar-refractivity contribution >= 4 is 18.3 Å². The number of nitrogens with zero attached hydrogens (tertiary/aromatic N) is 3. The topological polar surface area (TPSA) is 46.0 Å². The number of fused-ring (bicyclic) bond motifs is 1. The molecule has 0 spiro atoms. The van der Waals surface area contributed by atoms with Crippen LogP contribution in [-0.4, -0.2) is 19.8 Å². The van der Waals surface area contributed by atoms with E-state index in [9.17, 15) is 0 Å². The van der Waals surface area contributed by atoms with E-state index in [1.165, 1.54) is 0 Å². The van der Waals surface area contributed by atoms with Gasteiger partial charge in [-0.15, -0.1) is 22.8 Å². The average Bonchev–Trinajstić information content (AvgIpc) is 2.35. The summed E-state index contributed by atoms with van der Waals surface area (Å²) < 4.78 is 1.70. The van der Waals surface area contributed by atoms with Crippen LogP contribution in [0, 0.1) is 0 Å². The van der Waals surface area contributed by atoms with E-state index in [0.717, 1.165) is 10.5 Å². The molecule has 9 heavy (non-hydrogen) atoms. The van der Waals surface area contributed by atoms with Crippen molar-refractivity contribution in [1.29, 1.82) is 0 Å². The van der Waals surface area contributed by atoms with Crippen molar-refractivity contribution in [2.75, 3.05) is 0 Å². The van der Waals surface area contributed by atoms with Gasteiger partial charge in [-0.05, 0) is 0 Å². The van der Waals surface area contributed by atoms with E-state index in [4.69, 9.17) is 0 Å². The van der Waals surface area contributed by atoms with Gasteiger partial charge in [0, 0.05) is 6.20 Å². The van der Waals surface area contributed by atoms with E-state index in [2.05, 4.69) is 27.9 Å². The van der Waals surface area contributed by atoms with Crippen molar-refractivity contribution in [3.05, 3.63) is 12.5 Å². The number of H-pyrrole nitrogens is 1. The molecule has 0 aromatic carbocycles. The molecule has 0 amide bonds. The molecule has 0 atom stereocenters. The largest absolute Gasteiger partial charge is 0.297 e. The van der Waals surface area contributed by atoms with Gasteiger partial charge in [-0.3, -0.25) is 5.10 Å². The summed E-state index contributed by atoms with van der Waals surface area (Å²) in [5, 5.41) is 10.3. The molecule has 2 aromatic rings. The van der Waals surface area contributed by atoms with Gasteiger partial charge in [0.15, 0.2) is 5.65 Å². The van der Waals surface area contributed by atoms with Crippen LogP contribution >= 0.6 is 12.6 Å². The highest BCUT2D eigenvalue weighted by Gasteiger charge is 1.98. The molecule has 46 valence electrons. The molecular weight excluding hydrogens is 136 g/mol. The number of nitrogens with one attached hydrogen (secondary N) is 1. The maximum absolute atomic E-state index is 4.11. The number of hydrogen-bond donors (Lipinski definition) is 2. The van der Waals surface area contributed by atoms with Gasteiger partial charge < -0.3 is 0 Å². The van der Waals surface area contributed by atoms with Crippen LogP contribution < -0.4 is 0 Å². The zero-order valence-corrected chi connectivity index (χ0v) is 5.34. The fraction of sp³-hybridized carbons (Fsp3) is 0. The highest BCUT2D eigenvalue weighted by Crippen LogP contribution is 2.09. The third-order valence-corrected chi connectivity index (χ3v) is 1.45. The Morgan fingerprint density at radius 3 is 3.33 bits per heavy atom. The average molecular weight is 140 g/mol. The van der Waals surface area contributed by atoms with Crippen molar-refractivity contribution in [2.24, 2.45) is 0 Å². The van der Waals surface area contributed by atoms with Crippen molar-refractivity contribution in [3.8, 4) is 0 Å². The standard InChI is InChI=1S/C4H4N4S/c9-3-1-6-8-2-5-7-4(3)8/h1-2,6,9H. The minimum Gasteiger partial charge on any atom is -0.297 e. The van der Waals surface area contributed by atoms with E-state index < -0.39 is 0 Å². The summed E-state index contributed by atoms with van der Waals surface area (Å²) in [7, 11) is 0. The van der Waals surface area contributed by atoms with Crippen molar-refractivity contribution in [3.63, 3.8) is 0 Å².